The Labute approximate surface area is 58.7 Å². The molecule has 1 rings (SSSR count). The SMILES string of the molecule is Nc1cc(CCl)ccn1. The molecule has 1 heterocycles. The Bertz CT molecular complexity index is 200. The van der Waals surface area contributed by atoms with Gasteiger partial charge in [0.05, 0.1) is 0 Å². The largest absolute Gasteiger partial charge is 0.384 e. The minimum atomic E-state index is 0.493. The van der Waals surface area contributed by atoms with Crippen molar-refractivity contribution in [1.29, 1.82) is 0 Å². The van der Waals surface area contributed by atoms with Crippen LogP contribution in [-0.2, 0) is 5.88 Å². The van der Waals surface area contributed by atoms with Crippen molar-refractivity contribution in [3.05, 3.63) is 23.9 Å². The lowest BCUT2D eigenvalue weighted by Gasteiger charge is -1.93. The first kappa shape index (κ1) is 6.36. The lowest BCUT2D eigenvalue weighted by atomic mass is 10.3. The van der Waals surface area contributed by atoms with Gasteiger partial charge in [-0.15, -0.1) is 11.6 Å². The van der Waals surface area contributed by atoms with E-state index in [1.54, 1.807) is 12.3 Å². The van der Waals surface area contributed by atoms with Gasteiger partial charge in [-0.25, -0.2) is 4.98 Å². The van der Waals surface area contributed by atoms with Crippen molar-refractivity contribution in [3.63, 3.8) is 0 Å². The second kappa shape index (κ2) is 2.69. The monoisotopic (exact) mass is 142 g/mol. The Balaban J connectivity index is 2.94. The topological polar surface area (TPSA) is 38.9 Å². The molecule has 0 aliphatic rings. The third-order valence-electron chi connectivity index (χ3n) is 1.000. The second-order valence-electron chi connectivity index (χ2n) is 1.72. The lowest BCUT2D eigenvalue weighted by molar-refractivity contribution is 1.28. The van der Waals surface area contributed by atoms with Crippen LogP contribution in [0.2, 0.25) is 0 Å². The highest BCUT2D eigenvalue weighted by atomic mass is 35.5. The number of nitrogens with zero attached hydrogens (tertiary/aromatic N) is 1. The Morgan fingerprint density at radius 2 is 2.44 bits per heavy atom. The summed E-state index contributed by atoms with van der Waals surface area (Å²) in [6.45, 7) is 0. The number of halogens is 1. The molecule has 48 valence electrons. The fourth-order valence-corrected chi connectivity index (χ4v) is 0.744. The molecule has 1 aromatic heterocycles. The molecule has 0 aromatic carbocycles. The van der Waals surface area contributed by atoms with Gasteiger partial charge in [0.1, 0.15) is 5.82 Å². The molecule has 0 unspecified atom stereocenters. The minimum Gasteiger partial charge on any atom is -0.384 e. The van der Waals surface area contributed by atoms with E-state index in [-0.39, 0.29) is 0 Å². The van der Waals surface area contributed by atoms with Crippen LogP contribution in [0.15, 0.2) is 18.3 Å². The van der Waals surface area contributed by atoms with Crippen LogP contribution in [0.3, 0.4) is 0 Å². The molecule has 9 heavy (non-hydrogen) atoms. The number of alkyl halides is 1. The van der Waals surface area contributed by atoms with Crippen LogP contribution in [0, 0.1) is 0 Å². The third kappa shape index (κ3) is 1.57. The average Bonchev–Trinajstić information content (AvgIpc) is 1.88. The summed E-state index contributed by atoms with van der Waals surface area (Å²) in [5, 5.41) is 0. The summed E-state index contributed by atoms with van der Waals surface area (Å²) in [6, 6.07) is 3.59. The van der Waals surface area contributed by atoms with Crippen LogP contribution in [-0.4, -0.2) is 4.98 Å². The van der Waals surface area contributed by atoms with Gasteiger partial charge in [0.25, 0.3) is 0 Å². The summed E-state index contributed by atoms with van der Waals surface area (Å²) in [7, 11) is 0. The number of rotatable bonds is 1. The fourth-order valence-electron chi connectivity index (χ4n) is 0.578. The summed E-state index contributed by atoms with van der Waals surface area (Å²) in [4.78, 5) is 3.81. The standard InChI is InChI=1S/C6H7ClN2/c7-4-5-1-2-9-6(8)3-5/h1-3H,4H2,(H2,8,9). The zero-order valence-corrected chi connectivity index (χ0v) is 5.60. The molecule has 3 heteroatoms. The molecular weight excluding hydrogens is 136 g/mol. The van der Waals surface area contributed by atoms with E-state index in [1.807, 2.05) is 6.07 Å². The highest BCUT2D eigenvalue weighted by Crippen LogP contribution is 2.04. The quantitative estimate of drug-likeness (QED) is 0.602. The molecule has 0 radical (unpaired) electrons. The molecule has 0 fully saturated rings. The molecule has 0 amide bonds. The van der Waals surface area contributed by atoms with E-state index >= 15 is 0 Å². The van der Waals surface area contributed by atoms with E-state index in [4.69, 9.17) is 17.3 Å². The zero-order chi connectivity index (χ0) is 6.69. The van der Waals surface area contributed by atoms with Gasteiger partial charge in [0.2, 0.25) is 0 Å². The third-order valence-corrected chi connectivity index (χ3v) is 1.31. The summed E-state index contributed by atoms with van der Waals surface area (Å²) in [5.74, 6) is 1.01. The number of pyridine rings is 1. The van der Waals surface area contributed by atoms with Gasteiger partial charge in [0, 0.05) is 12.1 Å². The smallest absolute Gasteiger partial charge is 0.123 e. The van der Waals surface area contributed by atoms with E-state index < -0.39 is 0 Å². The van der Waals surface area contributed by atoms with E-state index in [0.29, 0.717) is 11.7 Å². The molecule has 0 atom stereocenters. The van der Waals surface area contributed by atoms with Crippen molar-refractivity contribution in [2.45, 2.75) is 5.88 Å². The lowest BCUT2D eigenvalue weighted by Crippen LogP contribution is -1.89. The number of nitrogens with two attached hydrogens (primary N) is 1. The molecule has 0 aliphatic carbocycles. The molecule has 1 aromatic rings. The molecule has 0 saturated carbocycles. The predicted molar refractivity (Wildman–Crippen MR) is 38.2 cm³/mol. The fraction of sp³-hybridized carbons (Fsp3) is 0.167. The number of nitrogen functional groups attached to an aromatic ring is 1. The molecule has 2 N–H and O–H groups in total. The van der Waals surface area contributed by atoms with Gasteiger partial charge in [-0.2, -0.15) is 0 Å². The molecule has 0 aliphatic heterocycles. The first-order valence-corrected chi connectivity index (χ1v) is 3.13. The Kier molecular flexibility index (Phi) is 1.90. The minimum absolute atomic E-state index is 0.493. The van der Waals surface area contributed by atoms with E-state index in [1.165, 1.54) is 0 Å². The first-order chi connectivity index (χ1) is 4.33. The Morgan fingerprint density at radius 1 is 1.67 bits per heavy atom. The number of hydrogen-bond acceptors (Lipinski definition) is 2. The second-order valence-corrected chi connectivity index (χ2v) is 1.99. The molecule has 0 spiro atoms. The first-order valence-electron chi connectivity index (χ1n) is 2.59. The van der Waals surface area contributed by atoms with Crippen molar-refractivity contribution in [2.24, 2.45) is 0 Å². The summed E-state index contributed by atoms with van der Waals surface area (Å²) in [5.41, 5.74) is 6.37. The van der Waals surface area contributed by atoms with Crippen LogP contribution < -0.4 is 5.73 Å². The van der Waals surface area contributed by atoms with Crippen molar-refractivity contribution < 1.29 is 0 Å². The van der Waals surface area contributed by atoms with Gasteiger partial charge in [0.15, 0.2) is 0 Å². The van der Waals surface area contributed by atoms with Gasteiger partial charge < -0.3 is 5.73 Å². The van der Waals surface area contributed by atoms with E-state index in [9.17, 15) is 0 Å². The Morgan fingerprint density at radius 3 is 2.89 bits per heavy atom. The summed E-state index contributed by atoms with van der Waals surface area (Å²) >= 11 is 5.52. The van der Waals surface area contributed by atoms with Crippen LogP contribution >= 0.6 is 11.6 Å². The van der Waals surface area contributed by atoms with Crippen molar-refractivity contribution in [3.8, 4) is 0 Å². The predicted octanol–water partition coefficient (Wildman–Crippen LogP) is 1.40. The molecular formula is C6H7ClN2. The van der Waals surface area contributed by atoms with Crippen molar-refractivity contribution in [1.82, 2.24) is 4.98 Å². The van der Waals surface area contributed by atoms with Gasteiger partial charge in [-0.05, 0) is 17.7 Å². The van der Waals surface area contributed by atoms with Crippen LogP contribution in [0.5, 0.6) is 0 Å². The van der Waals surface area contributed by atoms with Crippen LogP contribution in [0.25, 0.3) is 0 Å². The maximum atomic E-state index is 5.52. The van der Waals surface area contributed by atoms with Crippen molar-refractivity contribution >= 4 is 17.4 Å². The van der Waals surface area contributed by atoms with E-state index in [0.717, 1.165) is 5.56 Å². The van der Waals surface area contributed by atoms with Gasteiger partial charge >= 0.3 is 0 Å². The average molecular weight is 143 g/mol. The molecule has 0 bridgehead atoms. The highest BCUT2D eigenvalue weighted by Gasteiger charge is 1.88. The summed E-state index contributed by atoms with van der Waals surface area (Å²) in [6.07, 6.45) is 1.65. The van der Waals surface area contributed by atoms with E-state index in [2.05, 4.69) is 4.98 Å². The maximum Gasteiger partial charge on any atom is 0.123 e. The van der Waals surface area contributed by atoms with Gasteiger partial charge in [-0.3, -0.25) is 0 Å². The Hall–Kier alpha value is -0.760. The zero-order valence-electron chi connectivity index (χ0n) is 4.84. The van der Waals surface area contributed by atoms with Crippen molar-refractivity contribution in [2.75, 3.05) is 5.73 Å². The number of aromatic nitrogens is 1. The summed E-state index contributed by atoms with van der Waals surface area (Å²) < 4.78 is 0. The molecule has 2 nitrogen and oxygen atoms in total. The normalized spacial score (nSPS) is 9.44. The number of hydrogen-bond donors (Lipinski definition) is 1. The van der Waals surface area contributed by atoms with Gasteiger partial charge in [-0.1, -0.05) is 0 Å². The highest BCUT2D eigenvalue weighted by molar-refractivity contribution is 6.17. The number of anilines is 1. The van der Waals surface area contributed by atoms with Crippen LogP contribution in [0.1, 0.15) is 5.56 Å². The molecule has 0 saturated heterocycles. The van der Waals surface area contributed by atoms with Crippen LogP contribution in [0.4, 0.5) is 5.82 Å². The maximum absolute atomic E-state index is 5.52.